The third kappa shape index (κ3) is 3.52. The lowest BCUT2D eigenvalue weighted by Gasteiger charge is -2.35. The fraction of sp³-hybridized carbons (Fsp3) is 0.217. The lowest BCUT2D eigenvalue weighted by atomic mass is 10.2. The van der Waals surface area contributed by atoms with Crippen LogP contribution in [0.5, 0.6) is 5.75 Å². The summed E-state index contributed by atoms with van der Waals surface area (Å²) in [5, 5.41) is 3.84. The number of rotatable bonds is 4. The number of H-pyrrole nitrogens is 1. The second-order valence-corrected chi connectivity index (χ2v) is 8.14. The molecule has 6 nitrogen and oxygen atoms in total. The molecular formula is C23H22N4O2S. The van der Waals surface area contributed by atoms with Crippen LogP contribution in [0, 0.1) is 0 Å². The van der Waals surface area contributed by atoms with Gasteiger partial charge >= 0.3 is 0 Å². The van der Waals surface area contributed by atoms with Crippen LogP contribution in [0.15, 0.2) is 60.0 Å². The fourth-order valence-corrected chi connectivity index (χ4v) is 4.57. The first-order valence-electron chi connectivity index (χ1n) is 9.93. The van der Waals surface area contributed by atoms with E-state index in [9.17, 15) is 4.79 Å². The van der Waals surface area contributed by atoms with E-state index in [0.717, 1.165) is 46.1 Å². The zero-order chi connectivity index (χ0) is 20.5. The standard InChI is InChI=1S/C23H22N4O2S/c1-29-18-8-6-17(7-9-18)26-10-12-27(13-11-26)23(28)21-15-30-22(25-21)20-14-16-4-2-3-5-19(16)24-20/h2-9,14-15,24H,10-13H2,1H3. The maximum Gasteiger partial charge on any atom is 0.273 e. The van der Waals surface area contributed by atoms with Crippen LogP contribution in [0.2, 0.25) is 0 Å². The first-order chi connectivity index (χ1) is 14.7. The Morgan fingerprint density at radius 1 is 1.07 bits per heavy atom. The molecule has 1 aliphatic rings. The molecule has 0 atom stereocenters. The number of thiazole rings is 1. The Bertz CT molecular complexity index is 1140. The highest BCUT2D eigenvalue weighted by molar-refractivity contribution is 7.13. The molecule has 0 aliphatic carbocycles. The van der Waals surface area contributed by atoms with Gasteiger partial charge in [-0.2, -0.15) is 0 Å². The van der Waals surface area contributed by atoms with Crippen molar-refractivity contribution in [2.45, 2.75) is 0 Å². The molecule has 3 heterocycles. The second-order valence-electron chi connectivity index (χ2n) is 7.29. The number of nitrogens with one attached hydrogen (secondary N) is 1. The van der Waals surface area contributed by atoms with E-state index in [2.05, 4.69) is 39.1 Å². The highest BCUT2D eigenvalue weighted by Gasteiger charge is 2.24. The third-order valence-corrected chi connectivity index (χ3v) is 6.36. The van der Waals surface area contributed by atoms with Crippen molar-refractivity contribution >= 4 is 33.8 Å². The van der Waals surface area contributed by atoms with Crippen molar-refractivity contribution in [3.8, 4) is 16.5 Å². The molecule has 1 fully saturated rings. The molecule has 30 heavy (non-hydrogen) atoms. The summed E-state index contributed by atoms with van der Waals surface area (Å²) >= 11 is 1.50. The summed E-state index contributed by atoms with van der Waals surface area (Å²) in [7, 11) is 1.67. The van der Waals surface area contributed by atoms with Crippen LogP contribution in [-0.2, 0) is 0 Å². The fourth-order valence-electron chi connectivity index (χ4n) is 3.81. The summed E-state index contributed by atoms with van der Waals surface area (Å²) in [5.74, 6) is 0.852. The van der Waals surface area contributed by atoms with Gasteiger partial charge in [0.15, 0.2) is 0 Å². The average Bonchev–Trinajstić information content (AvgIpc) is 3.46. The molecule has 1 aliphatic heterocycles. The predicted octanol–water partition coefficient (Wildman–Crippen LogP) is 4.26. The molecule has 2 aromatic carbocycles. The lowest BCUT2D eigenvalue weighted by molar-refractivity contribution is 0.0742. The van der Waals surface area contributed by atoms with Crippen LogP contribution in [-0.4, -0.2) is 54.1 Å². The number of hydrogen-bond donors (Lipinski definition) is 1. The van der Waals surface area contributed by atoms with Gasteiger partial charge in [-0.15, -0.1) is 11.3 Å². The van der Waals surface area contributed by atoms with Crippen LogP contribution in [0.3, 0.4) is 0 Å². The van der Waals surface area contributed by atoms with Crippen molar-refractivity contribution in [3.63, 3.8) is 0 Å². The number of nitrogens with zero attached hydrogens (tertiary/aromatic N) is 3. The van der Waals surface area contributed by atoms with E-state index in [1.54, 1.807) is 7.11 Å². The maximum absolute atomic E-state index is 13.0. The molecule has 0 unspecified atom stereocenters. The second kappa shape index (κ2) is 7.84. The van der Waals surface area contributed by atoms with Crippen molar-refractivity contribution in [2.75, 3.05) is 38.2 Å². The normalized spacial score (nSPS) is 14.3. The van der Waals surface area contributed by atoms with E-state index in [1.165, 1.54) is 11.3 Å². The maximum atomic E-state index is 13.0. The third-order valence-electron chi connectivity index (χ3n) is 5.49. The van der Waals surface area contributed by atoms with Crippen molar-refractivity contribution in [3.05, 3.63) is 65.7 Å². The molecule has 2 aromatic heterocycles. The first-order valence-corrected chi connectivity index (χ1v) is 10.8. The number of benzene rings is 2. The van der Waals surface area contributed by atoms with E-state index >= 15 is 0 Å². The Kier molecular flexibility index (Phi) is 4.88. The molecule has 0 saturated carbocycles. The summed E-state index contributed by atoms with van der Waals surface area (Å²) < 4.78 is 5.23. The van der Waals surface area contributed by atoms with Crippen LogP contribution in [0.4, 0.5) is 5.69 Å². The quantitative estimate of drug-likeness (QED) is 0.538. The van der Waals surface area contributed by atoms with Crippen LogP contribution in [0.1, 0.15) is 10.5 Å². The van der Waals surface area contributed by atoms with E-state index in [-0.39, 0.29) is 5.91 Å². The molecule has 1 saturated heterocycles. The van der Waals surface area contributed by atoms with Crippen molar-refractivity contribution in [1.29, 1.82) is 0 Å². The number of aromatic amines is 1. The predicted molar refractivity (Wildman–Crippen MR) is 121 cm³/mol. The Morgan fingerprint density at radius 3 is 2.57 bits per heavy atom. The zero-order valence-corrected chi connectivity index (χ0v) is 17.5. The monoisotopic (exact) mass is 418 g/mol. The molecule has 0 bridgehead atoms. The smallest absolute Gasteiger partial charge is 0.273 e. The van der Waals surface area contributed by atoms with Gasteiger partial charge in [-0.05, 0) is 36.4 Å². The SMILES string of the molecule is COc1ccc(N2CCN(C(=O)c3csc(-c4cc5ccccc5[nH]4)n3)CC2)cc1. The van der Waals surface area contributed by atoms with Gasteiger partial charge in [-0.25, -0.2) is 4.98 Å². The highest BCUT2D eigenvalue weighted by atomic mass is 32.1. The summed E-state index contributed by atoms with van der Waals surface area (Å²) in [6, 6.07) is 18.3. The minimum absolute atomic E-state index is 0.00277. The van der Waals surface area contributed by atoms with Gasteiger partial charge in [-0.1, -0.05) is 18.2 Å². The van der Waals surface area contributed by atoms with Crippen LogP contribution < -0.4 is 9.64 Å². The number of piperazine rings is 1. The van der Waals surface area contributed by atoms with E-state index in [4.69, 9.17) is 4.74 Å². The Morgan fingerprint density at radius 2 is 1.83 bits per heavy atom. The van der Waals surface area contributed by atoms with E-state index < -0.39 is 0 Å². The minimum Gasteiger partial charge on any atom is -0.497 e. The number of hydrogen-bond acceptors (Lipinski definition) is 5. The molecule has 0 spiro atoms. The molecular weight excluding hydrogens is 396 g/mol. The van der Waals surface area contributed by atoms with Gasteiger partial charge in [0.1, 0.15) is 16.5 Å². The summed E-state index contributed by atoms with van der Waals surface area (Å²) in [4.78, 5) is 25.2. The van der Waals surface area contributed by atoms with Gasteiger partial charge in [0.2, 0.25) is 0 Å². The summed E-state index contributed by atoms with van der Waals surface area (Å²) in [5.41, 5.74) is 3.69. The summed E-state index contributed by atoms with van der Waals surface area (Å²) in [6.07, 6.45) is 0. The number of ether oxygens (including phenoxy) is 1. The van der Waals surface area contributed by atoms with Crippen molar-refractivity contribution < 1.29 is 9.53 Å². The van der Waals surface area contributed by atoms with Crippen LogP contribution >= 0.6 is 11.3 Å². The molecule has 7 heteroatoms. The number of fused-ring (bicyclic) bond motifs is 1. The molecule has 152 valence electrons. The van der Waals surface area contributed by atoms with Gasteiger partial charge in [-0.3, -0.25) is 4.79 Å². The highest BCUT2D eigenvalue weighted by Crippen LogP contribution is 2.27. The number of methoxy groups -OCH3 is 1. The van der Waals surface area contributed by atoms with E-state index in [1.807, 2.05) is 40.6 Å². The Labute approximate surface area is 178 Å². The minimum atomic E-state index is 0.00277. The largest absolute Gasteiger partial charge is 0.497 e. The van der Waals surface area contributed by atoms with Gasteiger partial charge < -0.3 is 19.5 Å². The van der Waals surface area contributed by atoms with E-state index in [0.29, 0.717) is 18.8 Å². The molecule has 0 radical (unpaired) electrons. The number of anilines is 1. The number of carbonyl (C=O) groups excluding carboxylic acids is 1. The Hall–Kier alpha value is -3.32. The van der Waals surface area contributed by atoms with Crippen molar-refractivity contribution in [1.82, 2.24) is 14.9 Å². The molecule has 1 N–H and O–H groups in total. The number of aromatic nitrogens is 2. The number of amides is 1. The average molecular weight is 419 g/mol. The van der Waals surface area contributed by atoms with Gasteiger partial charge in [0.25, 0.3) is 5.91 Å². The molecule has 5 rings (SSSR count). The number of para-hydroxylation sites is 1. The molecule has 1 amide bonds. The van der Waals surface area contributed by atoms with Crippen LogP contribution in [0.25, 0.3) is 21.6 Å². The number of carbonyl (C=O) groups is 1. The first kappa shape index (κ1) is 18.7. The Balaban J connectivity index is 1.25. The molecule has 4 aromatic rings. The summed E-state index contributed by atoms with van der Waals surface area (Å²) in [6.45, 7) is 2.97. The van der Waals surface area contributed by atoms with Gasteiger partial charge in [0, 0.05) is 48.1 Å². The van der Waals surface area contributed by atoms with Crippen molar-refractivity contribution in [2.24, 2.45) is 0 Å². The van der Waals surface area contributed by atoms with Gasteiger partial charge in [0.05, 0.1) is 12.8 Å². The topological polar surface area (TPSA) is 61.5 Å². The lowest BCUT2D eigenvalue weighted by Crippen LogP contribution is -2.48. The zero-order valence-electron chi connectivity index (χ0n) is 16.7.